The molecule has 5 nitrogen and oxygen atoms in total. The molecule has 1 aliphatic rings. The summed E-state index contributed by atoms with van der Waals surface area (Å²) in [7, 11) is 1.82. The van der Waals surface area contributed by atoms with E-state index in [-0.39, 0.29) is 5.54 Å². The summed E-state index contributed by atoms with van der Waals surface area (Å²) >= 11 is 0. The summed E-state index contributed by atoms with van der Waals surface area (Å²) in [5.41, 5.74) is 6.17. The second-order valence-electron chi connectivity index (χ2n) is 8.70. The first-order valence-electron chi connectivity index (χ1n) is 11.3. The maximum Gasteiger partial charge on any atom is 0.0759 e. The van der Waals surface area contributed by atoms with Crippen molar-refractivity contribution < 1.29 is 4.74 Å². The van der Waals surface area contributed by atoms with Crippen LogP contribution in [0, 0.1) is 13.8 Å². The van der Waals surface area contributed by atoms with Gasteiger partial charge in [-0.05, 0) is 74.6 Å². The molecule has 1 fully saturated rings. The standard InChI is InChI=1S/C26H34N4O/c1-21-11-12-25(18-22(21)2)29-17-15-27-19-26(29,20-31-3)14-7-8-23-13-16-30(28-23)24-9-5-4-6-10-24/h4-6,9-13,16,18,27H,7-8,14-15,17,19-20H2,1-3H3. The van der Waals surface area contributed by atoms with Crippen LogP contribution >= 0.6 is 0 Å². The van der Waals surface area contributed by atoms with E-state index >= 15 is 0 Å². The third-order valence-electron chi connectivity index (χ3n) is 6.49. The zero-order valence-corrected chi connectivity index (χ0v) is 19.0. The van der Waals surface area contributed by atoms with E-state index in [9.17, 15) is 0 Å². The highest BCUT2D eigenvalue weighted by Crippen LogP contribution is 2.32. The summed E-state index contributed by atoms with van der Waals surface area (Å²) in [6.45, 7) is 8.02. The number of aromatic nitrogens is 2. The van der Waals surface area contributed by atoms with Crippen LogP contribution in [0.1, 0.15) is 29.7 Å². The van der Waals surface area contributed by atoms with Gasteiger partial charge in [0.1, 0.15) is 0 Å². The molecule has 2 heterocycles. The van der Waals surface area contributed by atoms with E-state index in [4.69, 9.17) is 9.84 Å². The fourth-order valence-electron chi connectivity index (χ4n) is 4.65. The Morgan fingerprint density at radius 2 is 1.87 bits per heavy atom. The normalized spacial score (nSPS) is 19.0. The molecule has 1 atom stereocenters. The van der Waals surface area contributed by atoms with Gasteiger partial charge in [-0.2, -0.15) is 5.10 Å². The minimum Gasteiger partial charge on any atom is -0.382 e. The second kappa shape index (κ2) is 9.67. The summed E-state index contributed by atoms with van der Waals surface area (Å²) in [5.74, 6) is 0. The van der Waals surface area contributed by atoms with E-state index in [1.807, 2.05) is 30.0 Å². The number of para-hydroxylation sites is 1. The molecule has 1 aliphatic heterocycles. The van der Waals surface area contributed by atoms with Crippen molar-refractivity contribution in [3.63, 3.8) is 0 Å². The number of rotatable bonds is 8. The fourth-order valence-corrected chi connectivity index (χ4v) is 4.65. The molecular weight excluding hydrogens is 384 g/mol. The molecule has 0 bridgehead atoms. The fraction of sp³-hybridized carbons (Fsp3) is 0.423. The van der Waals surface area contributed by atoms with Crippen LogP contribution in [0.2, 0.25) is 0 Å². The molecule has 1 saturated heterocycles. The van der Waals surface area contributed by atoms with Crippen LogP contribution in [0.4, 0.5) is 5.69 Å². The first kappa shape index (κ1) is 21.6. The zero-order valence-electron chi connectivity index (χ0n) is 19.0. The average molecular weight is 419 g/mol. The van der Waals surface area contributed by atoms with Gasteiger partial charge in [-0.3, -0.25) is 0 Å². The number of benzene rings is 2. The smallest absolute Gasteiger partial charge is 0.0759 e. The van der Waals surface area contributed by atoms with E-state index in [0.29, 0.717) is 6.61 Å². The number of hydrogen-bond acceptors (Lipinski definition) is 4. The van der Waals surface area contributed by atoms with Gasteiger partial charge < -0.3 is 15.0 Å². The summed E-state index contributed by atoms with van der Waals surface area (Å²) < 4.78 is 7.72. The SMILES string of the molecule is COCC1(CCCc2ccn(-c3ccccc3)n2)CNCCN1c1ccc(C)c(C)c1. The highest BCUT2D eigenvalue weighted by molar-refractivity contribution is 5.53. The van der Waals surface area contributed by atoms with Gasteiger partial charge in [0.05, 0.1) is 23.5 Å². The Labute approximate surface area is 186 Å². The van der Waals surface area contributed by atoms with E-state index in [0.717, 1.165) is 50.3 Å². The van der Waals surface area contributed by atoms with Crippen molar-refractivity contribution in [2.45, 2.75) is 38.6 Å². The minimum atomic E-state index is -0.0449. The third kappa shape index (κ3) is 4.83. The average Bonchev–Trinajstić information content (AvgIpc) is 3.26. The molecule has 0 amide bonds. The Hall–Kier alpha value is -2.63. The lowest BCUT2D eigenvalue weighted by atomic mass is 9.88. The van der Waals surface area contributed by atoms with Gasteiger partial charge in [-0.15, -0.1) is 0 Å². The van der Waals surface area contributed by atoms with Crippen LogP contribution in [0.3, 0.4) is 0 Å². The monoisotopic (exact) mass is 418 g/mol. The molecule has 1 unspecified atom stereocenters. The molecule has 5 heteroatoms. The summed E-state index contributed by atoms with van der Waals surface area (Å²) in [5, 5.41) is 8.41. The predicted molar refractivity (Wildman–Crippen MR) is 127 cm³/mol. The maximum atomic E-state index is 5.75. The van der Waals surface area contributed by atoms with Gasteiger partial charge in [-0.25, -0.2) is 4.68 Å². The molecule has 0 spiro atoms. The molecule has 1 aromatic heterocycles. The van der Waals surface area contributed by atoms with Gasteiger partial charge in [0.25, 0.3) is 0 Å². The Bertz CT molecular complexity index is 980. The zero-order chi connectivity index (χ0) is 21.7. The Balaban J connectivity index is 1.48. The minimum absolute atomic E-state index is 0.0449. The van der Waals surface area contributed by atoms with Crippen LogP contribution in [0.15, 0.2) is 60.8 Å². The van der Waals surface area contributed by atoms with Crippen molar-refractivity contribution in [3.8, 4) is 5.69 Å². The van der Waals surface area contributed by atoms with Crippen LogP contribution in [-0.2, 0) is 11.2 Å². The van der Waals surface area contributed by atoms with Crippen molar-refractivity contribution in [1.29, 1.82) is 0 Å². The van der Waals surface area contributed by atoms with Gasteiger partial charge in [-0.1, -0.05) is 24.3 Å². The molecule has 0 radical (unpaired) electrons. The predicted octanol–water partition coefficient (Wildman–Crippen LogP) is 4.31. The highest BCUT2D eigenvalue weighted by atomic mass is 16.5. The Kier molecular flexibility index (Phi) is 6.73. The van der Waals surface area contributed by atoms with Gasteiger partial charge in [0.2, 0.25) is 0 Å². The molecule has 164 valence electrons. The third-order valence-corrected chi connectivity index (χ3v) is 6.49. The molecule has 1 N–H and O–H groups in total. The summed E-state index contributed by atoms with van der Waals surface area (Å²) in [6, 6.07) is 19.2. The van der Waals surface area contributed by atoms with Gasteiger partial charge >= 0.3 is 0 Å². The van der Waals surface area contributed by atoms with Crippen molar-refractivity contribution in [1.82, 2.24) is 15.1 Å². The largest absolute Gasteiger partial charge is 0.382 e. The lowest BCUT2D eigenvalue weighted by Gasteiger charge is -2.49. The number of aryl methyl sites for hydroxylation is 3. The van der Waals surface area contributed by atoms with Crippen molar-refractivity contribution in [3.05, 3.63) is 77.6 Å². The number of anilines is 1. The van der Waals surface area contributed by atoms with E-state index in [2.05, 4.69) is 66.7 Å². The molecule has 3 aromatic rings. The second-order valence-corrected chi connectivity index (χ2v) is 8.70. The molecule has 0 saturated carbocycles. The number of methoxy groups -OCH3 is 1. The Morgan fingerprint density at radius 1 is 1.03 bits per heavy atom. The number of piperazine rings is 1. The Morgan fingerprint density at radius 3 is 2.65 bits per heavy atom. The van der Waals surface area contributed by atoms with Crippen molar-refractivity contribution in [2.75, 3.05) is 38.3 Å². The number of hydrogen-bond donors (Lipinski definition) is 1. The van der Waals surface area contributed by atoms with Gasteiger partial charge in [0.15, 0.2) is 0 Å². The maximum absolute atomic E-state index is 5.75. The van der Waals surface area contributed by atoms with Gasteiger partial charge in [0, 0.05) is 38.6 Å². The van der Waals surface area contributed by atoms with Crippen LogP contribution < -0.4 is 10.2 Å². The number of nitrogens with zero attached hydrogens (tertiary/aromatic N) is 3. The first-order valence-corrected chi connectivity index (χ1v) is 11.3. The molecular formula is C26H34N4O. The highest BCUT2D eigenvalue weighted by Gasteiger charge is 2.39. The van der Waals surface area contributed by atoms with Crippen molar-refractivity contribution >= 4 is 5.69 Å². The molecule has 2 aromatic carbocycles. The van der Waals surface area contributed by atoms with Crippen LogP contribution in [0.5, 0.6) is 0 Å². The van der Waals surface area contributed by atoms with Crippen LogP contribution in [0.25, 0.3) is 5.69 Å². The molecule has 31 heavy (non-hydrogen) atoms. The van der Waals surface area contributed by atoms with Crippen LogP contribution in [-0.4, -0.2) is 48.7 Å². The number of nitrogens with one attached hydrogen (secondary N) is 1. The lowest BCUT2D eigenvalue weighted by molar-refractivity contribution is 0.110. The molecule has 0 aliphatic carbocycles. The first-order chi connectivity index (χ1) is 15.1. The number of ether oxygens (including phenoxy) is 1. The summed E-state index contributed by atoms with van der Waals surface area (Å²) in [6.07, 6.45) is 5.14. The van der Waals surface area contributed by atoms with Crippen molar-refractivity contribution in [2.24, 2.45) is 0 Å². The summed E-state index contributed by atoms with van der Waals surface area (Å²) in [4.78, 5) is 2.57. The molecule has 4 rings (SSSR count). The topological polar surface area (TPSA) is 42.3 Å². The quantitative estimate of drug-likeness (QED) is 0.592. The lowest BCUT2D eigenvalue weighted by Crippen LogP contribution is -2.64. The van der Waals surface area contributed by atoms with E-state index in [1.165, 1.54) is 16.8 Å². The van der Waals surface area contributed by atoms with E-state index < -0.39 is 0 Å². The van der Waals surface area contributed by atoms with E-state index in [1.54, 1.807) is 0 Å².